The zero-order valence-corrected chi connectivity index (χ0v) is 12.4. The molecule has 0 amide bonds. The molecule has 0 fully saturated rings. The van der Waals surface area contributed by atoms with Gasteiger partial charge in [0.25, 0.3) is 10.0 Å². The largest absolute Gasteiger partial charge is 0.481 e. The lowest BCUT2D eigenvalue weighted by Gasteiger charge is -2.08. The Morgan fingerprint density at radius 1 is 1.29 bits per heavy atom. The van der Waals surface area contributed by atoms with Gasteiger partial charge in [0.2, 0.25) is 0 Å². The molecule has 0 aliphatic carbocycles. The Labute approximate surface area is 122 Å². The number of rotatable bonds is 5. The van der Waals surface area contributed by atoms with Crippen LogP contribution in [-0.4, -0.2) is 29.7 Å². The molecular weight excluding hydrogens is 294 g/mol. The standard InChI is InChI=1S/C13H15N3O4S/c1-8-13(9(2)15-14-8)16-21(19,20)11-5-3-10(4-6-11)7-12(17)18/h3-6,16H,7H2,1-2H3,(H,14,15)(H,17,18). The van der Waals surface area contributed by atoms with Crippen LogP contribution in [0.25, 0.3) is 0 Å². The minimum atomic E-state index is -3.73. The number of aromatic nitrogens is 2. The molecule has 1 aromatic heterocycles. The third-order valence-corrected chi connectivity index (χ3v) is 4.32. The van der Waals surface area contributed by atoms with Gasteiger partial charge in [-0.2, -0.15) is 5.10 Å². The number of anilines is 1. The first-order valence-corrected chi connectivity index (χ1v) is 7.63. The second kappa shape index (κ2) is 5.57. The molecule has 1 aromatic carbocycles. The highest BCUT2D eigenvalue weighted by Gasteiger charge is 2.18. The quantitative estimate of drug-likeness (QED) is 0.774. The molecule has 0 radical (unpaired) electrons. The maximum Gasteiger partial charge on any atom is 0.307 e. The highest BCUT2D eigenvalue weighted by molar-refractivity contribution is 7.92. The Balaban J connectivity index is 2.26. The topological polar surface area (TPSA) is 112 Å². The van der Waals surface area contributed by atoms with Crippen LogP contribution in [0.3, 0.4) is 0 Å². The Bertz CT molecular complexity index is 744. The third-order valence-electron chi connectivity index (χ3n) is 2.95. The van der Waals surface area contributed by atoms with Gasteiger partial charge in [-0.3, -0.25) is 14.6 Å². The van der Waals surface area contributed by atoms with Crippen molar-refractivity contribution in [3.8, 4) is 0 Å². The summed E-state index contributed by atoms with van der Waals surface area (Å²) < 4.78 is 27.0. The van der Waals surface area contributed by atoms with Crippen LogP contribution in [-0.2, 0) is 21.2 Å². The maximum absolute atomic E-state index is 12.3. The molecule has 1 heterocycles. The van der Waals surface area contributed by atoms with Crippen molar-refractivity contribution in [2.24, 2.45) is 0 Å². The first kappa shape index (κ1) is 15.0. The number of nitrogens with one attached hydrogen (secondary N) is 2. The third kappa shape index (κ3) is 3.40. The number of carboxylic acid groups (broad SMARTS) is 1. The fourth-order valence-corrected chi connectivity index (χ4v) is 3.04. The van der Waals surface area contributed by atoms with Crippen LogP contribution in [0.4, 0.5) is 5.69 Å². The van der Waals surface area contributed by atoms with Gasteiger partial charge in [0.1, 0.15) is 0 Å². The van der Waals surface area contributed by atoms with Gasteiger partial charge in [0.15, 0.2) is 0 Å². The van der Waals surface area contributed by atoms with Crippen molar-refractivity contribution >= 4 is 21.7 Å². The number of aryl methyl sites for hydroxylation is 2. The lowest BCUT2D eigenvalue weighted by molar-refractivity contribution is -0.136. The number of H-pyrrole nitrogens is 1. The van der Waals surface area contributed by atoms with E-state index in [1.54, 1.807) is 13.8 Å². The Morgan fingerprint density at radius 3 is 2.38 bits per heavy atom. The van der Waals surface area contributed by atoms with Gasteiger partial charge in [0, 0.05) is 0 Å². The van der Waals surface area contributed by atoms with Gasteiger partial charge >= 0.3 is 5.97 Å². The van der Waals surface area contributed by atoms with Crippen molar-refractivity contribution in [1.29, 1.82) is 0 Å². The number of carboxylic acids is 1. The molecule has 3 N–H and O–H groups in total. The molecule has 0 aliphatic rings. The second-order valence-corrected chi connectivity index (χ2v) is 6.31. The van der Waals surface area contributed by atoms with E-state index in [1.165, 1.54) is 24.3 Å². The van der Waals surface area contributed by atoms with E-state index in [-0.39, 0.29) is 11.3 Å². The number of aromatic amines is 1. The Kier molecular flexibility index (Phi) is 3.99. The SMILES string of the molecule is Cc1n[nH]c(C)c1NS(=O)(=O)c1ccc(CC(=O)O)cc1. The molecule has 112 valence electrons. The summed E-state index contributed by atoms with van der Waals surface area (Å²) in [4.78, 5) is 10.7. The summed E-state index contributed by atoms with van der Waals surface area (Å²) in [6, 6.07) is 5.73. The zero-order valence-electron chi connectivity index (χ0n) is 11.5. The van der Waals surface area contributed by atoms with Crippen LogP contribution in [0.1, 0.15) is 17.0 Å². The molecule has 0 aliphatic heterocycles. The molecule has 0 saturated heterocycles. The number of nitrogens with zero attached hydrogens (tertiary/aromatic N) is 1. The normalized spacial score (nSPS) is 11.3. The van der Waals surface area contributed by atoms with Crippen molar-refractivity contribution in [1.82, 2.24) is 10.2 Å². The minimum Gasteiger partial charge on any atom is -0.481 e. The van der Waals surface area contributed by atoms with Gasteiger partial charge in [-0.25, -0.2) is 8.42 Å². The summed E-state index contributed by atoms with van der Waals surface area (Å²) >= 11 is 0. The number of sulfonamides is 1. The maximum atomic E-state index is 12.3. The monoisotopic (exact) mass is 309 g/mol. The molecular formula is C13H15N3O4S. The minimum absolute atomic E-state index is 0.0663. The molecule has 2 aromatic rings. The number of hydrogen-bond donors (Lipinski definition) is 3. The molecule has 0 saturated carbocycles. The van der Waals surface area contributed by atoms with Crippen LogP contribution in [0, 0.1) is 13.8 Å². The summed E-state index contributed by atoms with van der Waals surface area (Å²) in [6.07, 6.45) is -0.145. The smallest absolute Gasteiger partial charge is 0.307 e. The zero-order chi connectivity index (χ0) is 15.6. The van der Waals surface area contributed by atoms with Crippen molar-refractivity contribution < 1.29 is 18.3 Å². The van der Waals surface area contributed by atoms with E-state index in [0.29, 0.717) is 22.6 Å². The van der Waals surface area contributed by atoms with Gasteiger partial charge in [-0.05, 0) is 31.5 Å². The van der Waals surface area contributed by atoms with E-state index in [2.05, 4.69) is 14.9 Å². The number of carbonyl (C=O) groups is 1. The van der Waals surface area contributed by atoms with E-state index in [0.717, 1.165) is 0 Å². The number of hydrogen-bond acceptors (Lipinski definition) is 4. The van der Waals surface area contributed by atoms with E-state index >= 15 is 0 Å². The summed E-state index contributed by atoms with van der Waals surface area (Å²) in [6.45, 7) is 3.41. The van der Waals surface area contributed by atoms with Crippen LogP contribution in [0.2, 0.25) is 0 Å². The van der Waals surface area contributed by atoms with Crippen LogP contribution in [0.5, 0.6) is 0 Å². The number of aliphatic carboxylic acids is 1. The molecule has 7 nitrogen and oxygen atoms in total. The van der Waals surface area contributed by atoms with Gasteiger partial charge in [-0.15, -0.1) is 0 Å². The molecule has 21 heavy (non-hydrogen) atoms. The fraction of sp³-hybridized carbons (Fsp3) is 0.231. The lowest BCUT2D eigenvalue weighted by Crippen LogP contribution is -2.14. The highest BCUT2D eigenvalue weighted by Crippen LogP contribution is 2.21. The molecule has 8 heteroatoms. The summed E-state index contributed by atoms with van der Waals surface area (Å²) in [5, 5.41) is 15.3. The van der Waals surface area contributed by atoms with E-state index < -0.39 is 16.0 Å². The first-order valence-electron chi connectivity index (χ1n) is 6.15. The van der Waals surface area contributed by atoms with E-state index in [1.807, 2.05) is 0 Å². The fourth-order valence-electron chi connectivity index (χ4n) is 1.86. The summed E-state index contributed by atoms with van der Waals surface area (Å²) in [7, 11) is -3.73. The van der Waals surface area contributed by atoms with Gasteiger partial charge < -0.3 is 5.11 Å². The second-order valence-electron chi connectivity index (χ2n) is 4.63. The highest BCUT2D eigenvalue weighted by atomic mass is 32.2. The average molecular weight is 309 g/mol. The first-order chi connectivity index (χ1) is 9.79. The predicted octanol–water partition coefficient (Wildman–Crippen LogP) is 1.45. The van der Waals surface area contributed by atoms with Crippen molar-refractivity contribution in [2.75, 3.05) is 4.72 Å². The van der Waals surface area contributed by atoms with Gasteiger partial charge in [-0.1, -0.05) is 12.1 Å². The molecule has 0 atom stereocenters. The summed E-state index contributed by atoms with van der Waals surface area (Å²) in [5.74, 6) is -0.964. The van der Waals surface area contributed by atoms with Crippen LogP contribution in [0.15, 0.2) is 29.2 Å². The molecule has 0 spiro atoms. The Morgan fingerprint density at radius 2 is 1.90 bits per heavy atom. The lowest BCUT2D eigenvalue weighted by atomic mass is 10.2. The number of benzene rings is 1. The predicted molar refractivity (Wildman–Crippen MR) is 76.7 cm³/mol. The van der Waals surface area contributed by atoms with Crippen LogP contribution < -0.4 is 4.72 Å². The van der Waals surface area contributed by atoms with E-state index in [4.69, 9.17) is 5.11 Å². The van der Waals surface area contributed by atoms with Crippen LogP contribution >= 0.6 is 0 Å². The molecule has 0 unspecified atom stereocenters. The summed E-state index contributed by atoms with van der Waals surface area (Å²) in [5.41, 5.74) is 2.14. The van der Waals surface area contributed by atoms with Crippen molar-refractivity contribution in [3.05, 3.63) is 41.2 Å². The van der Waals surface area contributed by atoms with E-state index in [9.17, 15) is 13.2 Å². The Hall–Kier alpha value is -2.35. The average Bonchev–Trinajstić information content (AvgIpc) is 2.70. The van der Waals surface area contributed by atoms with Crippen molar-refractivity contribution in [3.63, 3.8) is 0 Å². The van der Waals surface area contributed by atoms with Crippen molar-refractivity contribution in [2.45, 2.75) is 25.2 Å². The molecule has 0 bridgehead atoms. The van der Waals surface area contributed by atoms with Gasteiger partial charge in [0.05, 0.1) is 28.4 Å². The molecule has 2 rings (SSSR count).